The van der Waals surface area contributed by atoms with E-state index in [1.54, 1.807) is 7.05 Å². The summed E-state index contributed by atoms with van der Waals surface area (Å²) in [4.78, 5) is 0. The quantitative estimate of drug-likeness (QED) is 0.889. The summed E-state index contributed by atoms with van der Waals surface area (Å²) in [5, 5.41) is 0. The third kappa shape index (κ3) is 3.97. The van der Waals surface area contributed by atoms with Crippen molar-refractivity contribution in [3.05, 3.63) is 24.3 Å². The molecule has 7 heteroatoms. The number of hydrogen-bond acceptors (Lipinski definition) is 4. The van der Waals surface area contributed by atoms with Gasteiger partial charge in [-0.3, -0.25) is 0 Å². The van der Waals surface area contributed by atoms with E-state index in [0.717, 1.165) is 25.7 Å². The third-order valence-electron chi connectivity index (χ3n) is 4.53. The Kier molecular flexibility index (Phi) is 5.08. The predicted octanol–water partition coefficient (Wildman–Crippen LogP) is 1.93. The van der Waals surface area contributed by atoms with Gasteiger partial charge in [-0.25, -0.2) is 0 Å². The van der Waals surface area contributed by atoms with Crippen LogP contribution in [0.3, 0.4) is 0 Å². The van der Waals surface area contributed by atoms with Crippen LogP contribution in [0.25, 0.3) is 0 Å². The fraction of sp³-hybridized carbons (Fsp3) is 0.625. The molecule has 0 saturated heterocycles. The van der Waals surface area contributed by atoms with Crippen LogP contribution in [0.2, 0.25) is 0 Å². The highest BCUT2D eigenvalue weighted by Gasteiger charge is 2.29. The zero-order valence-electron chi connectivity index (χ0n) is 13.4. The van der Waals surface area contributed by atoms with Gasteiger partial charge in [0.1, 0.15) is 12.7 Å². The summed E-state index contributed by atoms with van der Waals surface area (Å²) < 4.78 is 40.4. The molecule has 2 aliphatic rings. The van der Waals surface area contributed by atoms with E-state index in [1.807, 2.05) is 24.3 Å². The van der Waals surface area contributed by atoms with E-state index in [-0.39, 0.29) is 18.7 Å². The Hall–Kier alpha value is -1.31. The van der Waals surface area contributed by atoms with Crippen molar-refractivity contribution in [2.45, 2.75) is 44.2 Å². The number of nitrogens with zero attached hydrogens (tertiary/aromatic N) is 1. The van der Waals surface area contributed by atoms with Crippen LogP contribution in [0.4, 0.5) is 0 Å². The fourth-order valence-corrected chi connectivity index (χ4v) is 4.31. The lowest BCUT2D eigenvalue weighted by molar-refractivity contribution is 0.0938. The van der Waals surface area contributed by atoms with Crippen LogP contribution in [0.15, 0.2) is 24.3 Å². The highest BCUT2D eigenvalue weighted by molar-refractivity contribution is 7.87. The van der Waals surface area contributed by atoms with Crippen molar-refractivity contribution >= 4 is 10.2 Å². The number of benzene rings is 1. The molecule has 3 rings (SSSR count). The highest BCUT2D eigenvalue weighted by atomic mass is 32.2. The summed E-state index contributed by atoms with van der Waals surface area (Å²) in [7, 11) is -1.83. The Morgan fingerprint density at radius 3 is 2.61 bits per heavy atom. The first kappa shape index (κ1) is 16.5. The van der Waals surface area contributed by atoms with Crippen molar-refractivity contribution in [2.24, 2.45) is 0 Å². The second kappa shape index (κ2) is 7.07. The molecule has 0 bridgehead atoms. The molecule has 128 valence electrons. The van der Waals surface area contributed by atoms with Gasteiger partial charge in [0, 0.05) is 13.1 Å². The largest absolute Gasteiger partial charge is 0.486 e. The van der Waals surface area contributed by atoms with Gasteiger partial charge in [0.15, 0.2) is 11.5 Å². The average molecular weight is 340 g/mol. The minimum absolute atomic E-state index is 0.102. The fourth-order valence-electron chi connectivity index (χ4n) is 3.10. The molecule has 1 aliphatic heterocycles. The lowest BCUT2D eigenvalue weighted by Gasteiger charge is -2.31. The van der Waals surface area contributed by atoms with Crippen molar-refractivity contribution in [3.8, 4) is 11.5 Å². The van der Waals surface area contributed by atoms with E-state index >= 15 is 0 Å². The first-order chi connectivity index (χ1) is 11.1. The first-order valence-corrected chi connectivity index (χ1v) is 9.61. The van der Waals surface area contributed by atoms with Gasteiger partial charge in [-0.05, 0) is 25.0 Å². The Morgan fingerprint density at radius 1 is 1.17 bits per heavy atom. The third-order valence-corrected chi connectivity index (χ3v) is 6.12. The molecule has 0 spiro atoms. The van der Waals surface area contributed by atoms with Crippen LogP contribution >= 0.6 is 0 Å². The maximum Gasteiger partial charge on any atom is 0.279 e. The Morgan fingerprint density at radius 2 is 1.87 bits per heavy atom. The molecule has 1 heterocycles. The van der Waals surface area contributed by atoms with Gasteiger partial charge in [0.25, 0.3) is 10.2 Å². The van der Waals surface area contributed by atoms with Crippen LogP contribution in [0.5, 0.6) is 11.5 Å². The molecule has 1 fully saturated rings. The molecule has 1 aromatic rings. The zero-order valence-corrected chi connectivity index (χ0v) is 14.2. The summed E-state index contributed by atoms with van der Waals surface area (Å²) in [6, 6.07) is 7.51. The number of nitrogens with one attached hydrogen (secondary N) is 1. The van der Waals surface area contributed by atoms with Crippen molar-refractivity contribution in [1.82, 2.24) is 9.03 Å². The van der Waals surface area contributed by atoms with Gasteiger partial charge >= 0.3 is 0 Å². The lowest BCUT2D eigenvalue weighted by Crippen LogP contribution is -2.48. The van der Waals surface area contributed by atoms with E-state index in [1.165, 1.54) is 10.7 Å². The Balaban J connectivity index is 1.55. The number of para-hydroxylation sites is 2. The molecule has 1 unspecified atom stereocenters. The maximum absolute atomic E-state index is 12.4. The monoisotopic (exact) mass is 340 g/mol. The van der Waals surface area contributed by atoms with E-state index in [2.05, 4.69) is 4.72 Å². The van der Waals surface area contributed by atoms with E-state index < -0.39 is 10.2 Å². The SMILES string of the molecule is CN(C1CCCCC1)S(=O)(=O)NCC1COc2ccccc2O1. The molecular formula is C16H24N2O4S. The van der Waals surface area contributed by atoms with Crippen molar-refractivity contribution < 1.29 is 17.9 Å². The van der Waals surface area contributed by atoms with Gasteiger partial charge < -0.3 is 9.47 Å². The second-order valence-electron chi connectivity index (χ2n) is 6.16. The molecule has 0 radical (unpaired) electrons. The summed E-state index contributed by atoms with van der Waals surface area (Å²) in [6.07, 6.45) is 4.95. The molecule has 23 heavy (non-hydrogen) atoms. The standard InChI is InChI=1S/C16H24N2O4S/c1-18(13-7-3-2-4-8-13)23(19,20)17-11-14-12-21-15-9-5-6-10-16(15)22-14/h5-6,9-10,13-14,17H,2-4,7-8,11-12H2,1H3. The molecule has 1 aromatic carbocycles. The van der Waals surface area contributed by atoms with Gasteiger partial charge in [0.2, 0.25) is 0 Å². The normalized spacial score (nSPS) is 22.3. The number of hydrogen-bond donors (Lipinski definition) is 1. The molecule has 1 aliphatic carbocycles. The number of rotatable bonds is 5. The number of ether oxygens (including phenoxy) is 2. The van der Waals surface area contributed by atoms with Crippen molar-refractivity contribution in [2.75, 3.05) is 20.2 Å². The summed E-state index contributed by atoms with van der Waals surface area (Å²) in [5.74, 6) is 1.36. The first-order valence-electron chi connectivity index (χ1n) is 8.17. The van der Waals surface area contributed by atoms with E-state index in [9.17, 15) is 8.42 Å². The summed E-state index contributed by atoms with van der Waals surface area (Å²) >= 11 is 0. The van der Waals surface area contributed by atoms with E-state index in [0.29, 0.717) is 18.1 Å². The Labute approximate surface area is 138 Å². The topological polar surface area (TPSA) is 67.9 Å². The predicted molar refractivity (Wildman–Crippen MR) is 87.9 cm³/mol. The molecule has 1 saturated carbocycles. The van der Waals surface area contributed by atoms with Crippen LogP contribution in [-0.2, 0) is 10.2 Å². The second-order valence-corrected chi connectivity index (χ2v) is 7.97. The zero-order chi connectivity index (χ0) is 16.3. The summed E-state index contributed by atoms with van der Waals surface area (Å²) in [5.41, 5.74) is 0. The van der Waals surface area contributed by atoms with Gasteiger partial charge in [-0.1, -0.05) is 31.4 Å². The minimum atomic E-state index is -3.49. The smallest absolute Gasteiger partial charge is 0.279 e. The number of fused-ring (bicyclic) bond motifs is 1. The van der Waals surface area contributed by atoms with Gasteiger partial charge in [0.05, 0.1) is 6.54 Å². The minimum Gasteiger partial charge on any atom is -0.486 e. The van der Waals surface area contributed by atoms with Crippen LogP contribution in [-0.4, -0.2) is 45.1 Å². The van der Waals surface area contributed by atoms with Crippen molar-refractivity contribution in [3.63, 3.8) is 0 Å². The highest BCUT2D eigenvalue weighted by Crippen LogP contribution is 2.30. The molecule has 0 amide bonds. The Bertz CT molecular complexity index is 629. The summed E-state index contributed by atoms with van der Waals surface area (Å²) in [6.45, 7) is 0.542. The van der Waals surface area contributed by atoms with Crippen molar-refractivity contribution in [1.29, 1.82) is 0 Å². The molecule has 0 aromatic heterocycles. The van der Waals surface area contributed by atoms with Crippen LogP contribution < -0.4 is 14.2 Å². The molecular weight excluding hydrogens is 316 g/mol. The van der Waals surface area contributed by atoms with Gasteiger partial charge in [-0.2, -0.15) is 17.4 Å². The molecule has 1 N–H and O–H groups in total. The molecule has 6 nitrogen and oxygen atoms in total. The van der Waals surface area contributed by atoms with E-state index in [4.69, 9.17) is 9.47 Å². The maximum atomic E-state index is 12.4. The van der Waals surface area contributed by atoms with Gasteiger partial charge in [-0.15, -0.1) is 0 Å². The van der Waals surface area contributed by atoms with Crippen LogP contribution in [0.1, 0.15) is 32.1 Å². The average Bonchev–Trinajstić information content (AvgIpc) is 2.60. The lowest BCUT2D eigenvalue weighted by atomic mass is 9.96. The van der Waals surface area contributed by atoms with Crippen LogP contribution in [0, 0.1) is 0 Å². The molecule has 1 atom stereocenters.